The number of aryl methyl sites for hydroxylation is 3. The molecule has 0 saturated heterocycles. The van der Waals surface area contributed by atoms with Crippen LogP contribution in [0, 0.1) is 20.8 Å². The van der Waals surface area contributed by atoms with Crippen molar-refractivity contribution in [3.63, 3.8) is 0 Å². The number of ether oxygens (including phenoxy) is 1. The highest BCUT2D eigenvalue weighted by atomic mass is 32.2. The highest BCUT2D eigenvalue weighted by Crippen LogP contribution is 2.24. The zero-order chi connectivity index (χ0) is 25.5. The van der Waals surface area contributed by atoms with E-state index in [4.69, 9.17) is 4.74 Å². The molecule has 1 amide bonds. The Kier molecular flexibility index (Phi) is 8.22. The fourth-order valence-electron chi connectivity index (χ4n) is 3.73. The molecule has 2 aromatic carbocycles. The van der Waals surface area contributed by atoms with E-state index in [1.807, 2.05) is 75.5 Å². The minimum absolute atomic E-state index is 0.159. The van der Waals surface area contributed by atoms with Gasteiger partial charge in [-0.3, -0.25) is 20.4 Å². The number of nitrogens with zero attached hydrogens (tertiary/aromatic N) is 3. The highest BCUT2D eigenvalue weighted by Gasteiger charge is 2.11. The number of aliphatic imine (C=N–C) groups is 1. The first-order valence-electron chi connectivity index (χ1n) is 11.7. The zero-order valence-electron chi connectivity index (χ0n) is 20.9. The van der Waals surface area contributed by atoms with E-state index in [9.17, 15) is 4.79 Å². The summed E-state index contributed by atoms with van der Waals surface area (Å²) in [6.45, 7) is 6.30. The fourth-order valence-corrected chi connectivity index (χ4v) is 4.43. The topological polar surface area (TPSA) is 104 Å². The number of aromatic amines is 1. The molecule has 0 unspecified atom stereocenters. The number of thioether (sulfide) groups is 1. The van der Waals surface area contributed by atoms with E-state index in [0.29, 0.717) is 24.9 Å². The Morgan fingerprint density at radius 1 is 1.06 bits per heavy atom. The van der Waals surface area contributed by atoms with Crippen molar-refractivity contribution in [3.8, 4) is 5.75 Å². The smallest absolute Gasteiger partial charge is 0.237 e. The number of hydrogen-bond acceptors (Lipinski definition) is 6. The van der Waals surface area contributed by atoms with Crippen LogP contribution in [0.25, 0.3) is 10.9 Å². The minimum Gasteiger partial charge on any atom is -0.497 e. The van der Waals surface area contributed by atoms with Crippen LogP contribution >= 0.6 is 11.8 Å². The Bertz CT molecular complexity index is 1360. The van der Waals surface area contributed by atoms with Crippen molar-refractivity contribution >= 4 is 40.5 Å². The molecule has 0 aliphatic heterocycles. The van der Waals surface area contributed by atoms with Crippen molar-refractivity contribution in [2.45, 2.75) is 32.1 Å². The first kappa shape index (κ1) is 25.2. The van der Waals surface area contributed by atoms with E-state index >= 15 is 0 Å². The maximum absolute atomic E-state index is 12.7. The number of rotatable bonds is 8. The molecule has 4 aromatic rings. The third-order valence-electron chi connectivity index (χ3n) is 5.49. The Hall–Kier alpha value is -3.85. The van der Waals surface area contributed by atoms with Gasteiger partial charge in [0.05, 0.1) is 12.9 Å². The summed E-state index contributed by atoms with van der Waals surface area (Å²) in [5.41, 5.74) is 5.01. The number of hydrogen-bond donors (Lipinski definition) is 3. The summed E-state index contributed by atoms with van der Waals surface area (Å²) in [7, 11) is 1.66. The molecule has 0 bridgehead atoms. The number of carbonyl (C=O) groups excluding carboxylic acids is 1. The molecule has 36 heavy (non-hydrogen) atoms. The van der Waals surface area contributed by atoms with Gasteiger partial charge in [0, 0.05) is 39.9 Å². The van der Waals surface area contributed by atoms with E-state index in [2.05, 4.69) is 30.6 Å². The SMILES string of the molecule is COc1ccc2[nH]cc(CCN=C(NC(=O)CSc3ccc(C)cc3)Nc3nc(C)cc(C)n3)c2c1. The average molecular weight is 503 g/mol. The van der Waals surface area contributed by atoms with Crippen LogP contribution in [0.5, 0.6) is 5.75 Å². The van der Waals surface area contributed by atoms with Crippen molar-refractivity contribution < 1.29 is 9.53 Å². The second kappa shape index (κ2) is 11.7. The number of methoxy groups -OCH3 is 1. The molecule has 0 saturated carbocycles. The van der Waals surface area contributed by atoms with Crippen LogP contribution in [0.2, 0.25) is 0 Å². The van der Waals surface area contributed by atoms with Gasteiger partial charge in [-0.05, 0) is 69.2 Å². The Morgan fingerprint density at radius 2 is 1.81 bits per heavy atom. The van der Waals surface area contributed by atoms with Gasteiger partial charge in [0.15, 0.2) is 0 Å². The first-order valence-corrected chi connectivity index (χ1v) is 12.7. The zero-order valence-corrected chi connectivity index (χ0v) is 21.7. The van der Waals surface area contributed by atoms with Gasteiger partial charge in [-0.1, -0.05) is 17.7 Å². The van der Waals surface area contributed by atoms with Crippen LogP contribution in [0.4, 0.5) is 5.95 Å². The predicted octanol–water partition coefficient (Wildman–Crippen LogP) is 4.81. The average Bonchev–Trinajstić information content (AvgIpc) is 3.25. The molecule has 0 radical (unpaired) electrons. The summed E-state index contributed by atoms with van der Waals surface area (Å²) >= 11 is 1.48. The van der Waals surface area contributed by atoms with E-state index in [1.165, 1.54) is 17.3 Å². The number of carbonyl (C=O) groups is 1. The van der Waals surface area contributed by atoms with Crippen LogP contribution in [0.1, 0.15) is 22.5 Å². The molecule has 0 aliphatic carbocycles. The number of guanidine groups is 1. The van der Waals surface area contributed by atoms with Gasteiger partial charge in [-0.15, -0.1) is 11.8 Å². The van der Waals surface area contributed by atoms with Gasteiger partial charge in [0.2, 0.25) is 17.8 Å². The number of aromatic nitrogens is 3. The van der Waals surface area contributed by atoms with E-state index in [0.717, 1.165) is 38.5 Å². The normalized spacial score (nSPS) is 11.5. The molecule has 0 atom stereocenters. The van der Waals surface area contributed by atoms with Crippen molar-refractivity contribution in [2.24, 2.45) is 4.99 Å². The van der Waals surface area contributed by atoms with Crippen LogP contribution < -0.4 is 15.4 Å². The number of nitrogens with one attached hydrogen (secondary N) is 3. The van der Waals surface area contributed by atoms with Crippen molar-refractivity contribution in [2.75, 3.05) is 24.7 Å². The second-order valence-electron chi connectivity index (χ2n) is 8.45. The molecule has 4 rings (SSSR count). The standard InChI is InChI=1S/C27H30N6O2S/c1-17-5-8-22(9-6-17)36-16-25(34)32-26(33-27-30-18(2)13-19(3)31-27)28-12-11-20-15-29-24-10-7-21(35-4)14-23(20)24/h5-10,13-15,29H,11-12,16H2,1-4H3,(H2,28,30,31,32,33,34). The van der Waals surface area contributed by atoms with E-state index in [1.54, 1.807) is 7.11 Å². The van der Waals surface area contributed by atoms with Gasteiger partial charge in [0.1, 0.15) is 5.75 Å². The van der Waals surface area contributed by atoms with Gasteiger partial charge >= 0.3 is 0 Å². The van der Waals surface area contributed by atoms with Gasteiger partial charge < -0.3 is 9.72 Å². The molecule has 9 heteroatoms. The minimum atomic E-state index is -0.159. The van der Waals surface area contributed by atoms with Crippen molar-refractivity contribution in [3.05, 3.63) is 77.2 Å². The van der Waals surface area contributed by atoms with E-state index < -0.39 is 0 Å². The van der Waals surface area contributed by atoms with Crippen LogP contribution in [0.15, 0.2) is 64.6 Å². The maximum Gasteiger partial charge on any atom is 0.237 e. The third-order valence-corrected chi connectivity index (χ3v) is 6.50. The Morgan fingerprint density at radius 3 is 2.53 bits per heavy atom. The predicted molar refractivity (Wildman–Crippen MR) is 146 cm³/mol. The number of fused-ring (bicyclic) bond motifs is 1. The second-order valence-corrected chi connectivity index (χ2v) is 9.50. The monoisotopic (exact) mass is 502 g/mol. The number of H-pyrrole nitrogens is 1. The summed E-state index contributed by atoms with van der Waals surface area (Å²) in [6.07, 6.45) is 2.66. The highest BCUT2D eigenvalue weighted by molar-refractivity contribution is 8.00. The molecule has 0 fully saturated rings. The molecular weight excluding hydrogens is 472 g/mol. The van der Waals surface area contributed by atoms with E-state index in [-0.39, 0.29) is 11.7 Å². The molecule has 2 heterocycles. The fraction of sp³-hybridized carbons (Fsp3) is 0.259. The third kappa shape index (κ3) is 6.85. The molecule has 0 aliphatic rings. The molecular formula is C27H30N6O2S. The maximum atomic E-state index is 12.7. The molecule has 2 aromatic heterocycles. The lowest BCUT2D eigenvalue weighted by molar-refractivity contribution is -0.117. The largest absolute Gasteiger partial charge is 0.497 e. The molecule has 186 valence electrons. The number of anilines is 1. The summed E-state index contributed by atoms with van der Waals surface area (Å²) in [4.78, 5) is 30.6. The lowest BCUT2D eigenvalue weighted by atomic mass is 10.1. The van der Waals surface area contributed by atoms with Gasteiger partial charge in [0.25, 0.3) is 0 Å². The lowest BCUT2D eigenvalue weighted by Crippen LogP contribution is -2.38. The Balaban J connectivity index is 1.46. The first-order chi connectivity index (χ1) is 17.4. The summed E-state index contributed by atoms with van der Waals surface area (Å²) < 4.78 is 5.36. The van der Waals surface area contributed by atoms with Crippen LogP contribution in [-0.4, -0.2) is 46.2 Å². The Labute approximate surface area is 215 Å². The van der Waals surface area contributed by atoms with Gasteiger partial charge in [-0.2, -0.15) is 0 Å². The lowest BCUT2D eigenvalue weighted by Gasteiger charge is -2.11. The van der Waals surface area contributed by atoms with Gasteiger partial charge in [-0.25, -0.2) is 9.97 Å². The van der Waals surface area contributed by atoms with Crippen LogP contribution in [0.3, 0.4) is 0 Å². The van der Waals surface area contributed by atoms with Crippen LogP contribution in [-0.2, 0) is 11.2 Å². The number of benzene rings is 2. The summed E-state index contributed by atoms with van der Waals surface area (Å²) in [6, 6.07) is 15.9. The molecule has 8 nitrogen and oxygen atoms in total. The number of amides is 1. The summed E-state index contributed by atoms with van der Waals surface area (Å²) in [5, 5.41) is 7.08. The molecule has 3 N–H and O–H groups in total. The quantitative estimate of drug-likeness (QED) is 0.181. The van der Waals surface area contributed by atoms with Crippen molar-refractivity contribution in [1.29, 1.82) is 0 Å². The molecule has 0 spiro atoms. The van der Waals surface area contributed by atoms with Crippen molar-refractivity contribution in [1.82, 2.24) is 20.3 Å². The summed E-state index contributed by atoms with van der Waals surface area (Å²) in [5.74, 6) is 1.63.